The Morgan fingerprint density at radius 2 is 2.09 bits per heavy atom. The highest BCUT2D eigenvalue weighted by Crippen LogP contribution is 2.29. The summed E-state index contributed by atoms with van der Waals surface area (Å²) in [4.78, 5) is 44.5. The molecule has 3 aromatic rings. The van der Waals surface area contributed by atoms with Gasteiger partial charge in [0.1, 0.15) is 5.56 Å². The zero-order chi connectivity index (χ0) is 22.6. The summed E-state index contributed by atoms with van der Waals surface area (Å²) in [5.41, 5.74) is 1.28. The number of hydrogen-bond donors (Lipinski definition) is 2. The van der Waals surface area contributed by atoms with Crippen molar-refractivity contribution in [3.63, 3.8) is 0 Å². The quantitative estimate of drug-likeness (QED) is 0.647. The van der Waals surface area contributed by atoms with Crippen LogP contribution >= 0.6 is 0 Å². The van der Waals surface area contributed by atoms with Crippen molar-refractivity contribution in [1.29, 1.82) is 0 Å². The van der Waals surface area contributed by atoms with Gasteiger partial charge in [-0.05, 0) is 31.5 Å². The third kappa shape index (κ3) is 3.13. The van der Waals surface area contributed by atoms with Gasteiger partial charge in [-0.25, -0.2) is 0 Å². The van der Waals surface area contributed by atoms with E-state index in [1.54, 1.807) is 0 Å². The second kappa shape index (κ2) is 7.45. The highest BCUT2D eigenvalue weighted by molar-refractivity contribution is 5.99. The number of aromatic nitrogens is 2. The molecule has 32 heavy (non-hydrogen) atoms. The largest absolute Gasteiger partial charge is 0.503 e. The fourth-order valence-electron chi connectivity index (χ4n) is 4.45. The normalized spacial score (nSPS) is 19.7. The molecule has 2 aliphatic rings. The number of benzene rings is 1. The minimum absolute atomic E-state index is 0.115. The summed E-state index contributed by atoms with van der Waals surface area (Å²) in [6, 6.07) is 9.33. The van der Waals surface area contributed by atoms with Crippen LogP contribution in [0, 0.1) is 6.92 Å². The zero-order valence-electron chi connectivity index (χ0n) is 17.7. The second-order valence-corrected chi connectivity index (χ2v) is 8.19. The number of carbonyl (C=O) groups excluding carboxylic acids is 2. The van der Waals surface area contributed by atoms with Gasteiger partial charge in [-0.15, -0.1) is 0 Å². The van der Waals surface area contributed by atoms with E-state index in [0.29, 0.717) is 6.61 Å². The van der Waals surface area contributed by atoms with Gasteiger partial charge in [0.15, 0.2) is 17.7 Å². The molecule has 9 nitrogen and oxygen atoms in total. The molecule has 1 fully saturated rings. The molecule has 0 aliphatic carbocycles. The molecular weight excluding hydrogens is 412 g/mol. The molecule has 164 valence electrons. The van der Waals surface area contributed by atoms with Crippen molar-refractivity contribution in [2.75, 3.05) is 6.61 Å². The Balaban J connectivity index is 1.45. The first-order chi connectivity index (χ1) is 15.3. The van der Waals surface area contributed by atoms with E-state index in [1.807, 2.05) is 44.2 Å². The van der Waals surface area contributed by atoms with Gasteiger partial charge in [-0.3, -0.25) is 19.4 Å². The third-order valence-corrected chi connectivity index (χ3v) is 5.98. The lowest BCUT2D eigenvalue weighted by atomic mass is 10.1. The van der Waals surface area contributed by atoms with Crippen molar-refractivity contribution in [2.45, 2.75) is 39.2 Å². The molecule has 2 aliphatic heterocycles. The van der Waals surface area contributed by atoms with E-state index < -0.39 is 29.2 Å². The monoisotopic (exact) mass is 434 g/mol. The van der Waals surface area contributed by atoms with Crippen molar-refractivity contribution >= 4 is 22.7 Å². The Kier molecular flexibility index (Phi) is 4.70. The SMILES string of the molecule is Cc1cc(CNC(=O)c2cn3c(c(O)c2=O)C(=O)N2[C@@H](C)CO[C@@H]2C3)c2ccccc2n1. The number of rotatable bonds is 3. The topological polar surface area (TPSA) is 114 Å². The van der Waals surface area contributed by atoms with Crippen LogP contribution in [-0.4, -0.2) is 50.2 Å². The summed E-state index contributed by atoms with van der Waals surface area (Å²) in [7, 11) is 0. The fraction of sp³-hybridized carbons (Fsp3) is 0.304. The molecule has 1 aromatic carbocycles. The Hall–Kier alpha value is -3.72. The molecule has 0 radical (unpaired) electrons. The Labute approximate surface area is 183 Å². The molecule has 4 heterocycles. The molecule has 0 spiro atoms. The lowest BCUT2D eigenvalue weighted by molar-refractivity contribution is 0.00624. The summed E-state index contributed by atoms with van der Waals surface area (Å²) >= 11 is 0. The number of amides is 2. The number of ether oxygens (including phenoxy) is 1. The number of aromatic hydroxyl groups is 1. The van der Waals surface area contributed by atoms with Crippen molar-refractivity contribution in [3.05, 3.63) is 69.3 Å². The molecule has 1 saturated heterocycles. The number of fused-ring (bicyclic) bond motifs is 3. The van der Waals surface area contributed by atoms with E-state index in [1.165, 1.54) is 15.7 Å². The first-order valence-corrected chi connectivity index (χ1v) is 10.4. The number of nitrogens with zero attached hydrogens (tertiary/aromatic N) is 3. The van der Waals surface area contributed by atoms with E-state index >= 15 is 0 Å². The van der Waals surface area contributed by atoms with Crippen LogP contribution in [0.25, 0.3) is 10.9 Å². The lowest BCUT2D eigenvalue weighted by Gasteiger charge is -2.33. The summed E-state index contributed by atoms with van der Waals surface area (Å²) in [6.45, 7) is 4.50. The minimum atomic E-state index is -0.871. The maximum absolute atomic E-state index is 12.9. The average molecular weight is 434 g/mol. The molecule has 0 saturated carbocycles. The van der Waals surface area contributed by atoms with E-state index in [2.05, 4.69) is 10.3 Å². The number of hydrogen-bond acceptors (Lipinski definition) is 6. The van der Waals surface area contributed by atoms with Crippen LogP contribution in [0.2, 0.25) is 0 Å². The maximum Gasteiger partial charge on any atom is 0.276 e. The van der Waals surface area contributed by atoms with Gasteiger partial charge in [0, 0.05) is 23.8 Å². The lowest BCUT2D eigenvalue weighted by Crippen LogP contribution is -2.49. The van der Waals surface area contributed by atoms with Crippen LogP contribution in [0.1, 0.15) is 39.0 Å². The van der Waals surface area contributed by atoms with Gasteiger partial charge in [-0.1, -0.05) is 18.2 Å². The predicted molar refractivity (Wildman–Crippen MR) is 115 cm³/mol. The summed E-state index contributed by atoms with van der Waals surface area (Å²) < 4.78 is 7.07. The van der Waals surface area contributed by atoms with Crippen molar-refractivity contribution in [1.82, 2.24) is 19.8 Å². The van der Waals surface area contributed by atoms with E-state index in [9.17, 15) is 19.5 Å². The van der Waals surface area contributed by atoms with Gasteiger partial charge in [0.25, 0.3) is 11.8 Å². The van der Waals surface area contributed by atoms with Gasteiger partial charge < -0.3 is 24.6 Å². The van der Waals surface area contributed by atoms with Crippen LogP contribution in [0.5, 0.6) is 5.75 Å². The third-order valence-electron chi connectivity index (χ3n) is 5.98. The molecule has 2 atom stereocenters. The summed E-state index contributed by atoms with van der Waals surface area (Å²) in [6.07, 6.45) is 0.832. The molecule has 0 bridgehead atoms. The minimum Gasteiger partial charge on any atom is -0.503 e. The summed E-state index contributed by atoms with van der Waals surface area (Å²) in [5.74, 6) is -1.83. The number of carbonyl (C=O) groups is 2. The second-order valence-electron chi connectivity index (χ2n) is 8.19. The smallest absolute Gasteiger partial charge is 0.276 e. The first kappa shape index (κ1) is 20.2. The van der Waals surface area contributed by atoms with Crippen LogP contribution in [-0.2, 0) is 17.8 Å². The molecule has 5 rings (SSSR count). The number of para-hydroxylation sites is 1. The predicted octanol–water partition coefficient (Wildman–Crippen LogP) is 1.54. The van der Waals surface area contributed by atoms with Crippen molar-refractivity contribution in [3.8, 4) is 5.75 Å². The zero-order valence-corrected chi connectivity index (χ0v) is 17.7. The van der Waals surface area contributed by atoms with Crippen LogP contribution in [0.15, 0.2) is 41.3 Å². The van der Waals surface area contributed by atoms with Crippen LogP contribution in [0.4, 0.5) is 0 Å². The van der Waals surface area contributed by atoms with Gasteiger partial charge in [0.05, 0.1) is 24.7 Å². The molecule has 0 unspecified atom stereocenters. The van der Waals surface area contributed by atoms with E-state index in [-0.39, 0.29) is 30.4 Å². The molecule has 2 amide bonds. The molecular formula is C23H22N4O5. The van der Waals surface area contributed by atoms with Gasteiger partial charge in [0.2, 0.25) is 5.43 Å². The Morgan fingerprint density at radius 1 is 1.31 bits per heavy atom. The van der Waals surface area contributed by atoms with Gasteiger partial charge in [-0.2, -0.15) is 0 Å². The van der Waals surface area contributed by atoms with E-state index in [0.717, 1.165) is 22.2 Å². The number of nitrogens with one attached hydrogen (secondary N) is 1. The maximum atomic E-state index is 12.9. The van der Waals surface area contributed by atoms with Crippen LogP contribution in [0.3, 0.4) is 0 Å². The van der Waals surface area contributed by atoms with Gasteiger partial charge >= 0.3 is 0 Å². The highest BCUT2D eigenvalue weighted by atomic mass is 16.5. The number of pyridine rings is 2. The summed E-state index contributed by atoms with van der Waals surface area (Å²) in [5, 5.41) is 14.2. The fourth-order valence-corrected chi connectivity index (χ4v) is 4.45. The standard InChI is InChI=1S/C23H22N4O5/c1-12-7-14(15-5-3-4-6-17(15)25-12)8-24-22(30)16-9-26-10-18-27(13(2)11-32-18)23(31)19(26)21(29)20(16)28/h3-7,9,13,18,29H,8,10-11H2,1-2H3,(H,24,30)/t13-,18+/m0/s1. The average Bonchev–Trinajstić information content (AvgIpc) is 3.14. The Morgan fingerprint density at radius 3 is 2.91 bits per heavy atom. The van der Waals surface area contributed by atoms with Crippen molar-refractivity contribution in [2.24, 2.45) is 0 Å². The first-order valence-electron chi connectivity index (χ1n) is 10.4. The molecule has 9 heteroatoms. The Bertz CT molecular complexity index is 1330. The van der Waals surface area contributed by atoms with E-state index in [4.69, 9.17) is 4.74 Å². The van der Waals surface area contributed by atoms with Crippen molar-refractivity contribution < 1.29 is 19.4 Å². The number of aryl methyl sites for hydroxylation is 1. The highest BCUT2D eigenvalue weighted by Gasteiger charge is 2.42. The molecule has 2 aromatic heterocycles. The van der Waals surface area contributed by atoms with Crippen LogP contribution < -0.4 is 10.7 Å². The molecule has 2 N–H and O–H groups in total.